The standard InChI is InChI=1S/C20H30N4O2.HI/c1-3-21-20(23(2)14-16-10-12-26-15-16)22-13-19(25)24-11-6-8-17-7-4-5-9-18(17)24;/h4-5,7,9,16H,3,6,8,10-15H2,1-2H3,(H,21,22);1H. The molecule has 1 amide bonds. The molecule has 2 heterocycles. The Labute approximate surface area is 179 Å². The number of carbonyl (C=O) groups excluding carboxylic acids is 1. The average Bonchev–Trinajstić information content (AvgIpc) is 3.17. The summed E-state index contributed by atoms with van der Waals surface area (Å²) in [6.45, 7) is 6.33. The number of halogens is 1. The second kappa shape index (κ2) is 10.8. The molecule has 3 rings (SSSR count). The van der Waals surface area contributed by atoms with Crippen LogP contribution in [0.25, 0.3) is 0 Å². The van der Waals surface area contributed by atoms with Crippen LogP contribution in [0.5, 0.6) is 0 Å². The highest BCUT2D eigenvalue weighted by atomic mass is 127. The highest BCUT2D eigenvalue weighted by molar-refractivity contribution is 14.0. The number of hydrogen-bond acceptors (Lipinski definition) is 3. The number of guanidine groups is 1. The van der Waals surface area contributed by atoms with Gasteiger partial charge < -0.3 is 19.9 Å². The van der Waals surface area contributed by atoms with Crippen molar-refractivity contribution in [3.63, 3.8) is 0 Å². The Morgan fingerprint density at radius 3 is 2.96 bits per heavy atom. The third-order valence-corrected chi connectivity index (χ3v) is 5.03. The van der Waals surface area contributed by atoms with Crippen LogP contribution in [0.4, 0.5) is 5.69 Å². The summed E-state index contributed by atoms with van der Waals surface area (Å²) >= 11 is 0. The molecule has 7 heteroatoms. The summed E-state index contributed by atoms with van der Waals surface area (Å²) in [5.41, 5.74) is 2.29. The zero-order chi connectivity index (χ0) is 18.4. The van der Waals surface area contributed by atoms with Gasteiger partial charge in [-0.1, -0.05) is 18.2 Å². The summed E-state index contributed by atoms with van der Waals surface area (Å²) in [4.78, 5) is 21.4. The molecule has 0 aliphatic carbocycles. The van der Waals surface area contributed by atoms with Crippen LogP contribution in [-0.2, 0) is 16.0 Å². The number of amides is 1. The lowest BCUT2D eigenvalue weighted by molar-refractivity contribution is -0.117. The number of rotatable bonds is 5. The number of hydrogen-bond donors (Lipinski definition) is 1. The molecule has 6 nitrogen and oxygen atoms in total. The Morgan fingerprint density at radius 2 is 2.22 bits per heavy atom. The smallest absolute Gasteiger partial charge is 0.248 e. The molecule has 1 atom stereocenters. The molecule has 27 heavy (non-hydrogen) atoms. The lowest BCUT2D eigenvalue weighted by atomic mass is 10.0. The monoisotopic (exact) mass is 486 g/mol. The zero-order valence-corrected chi connectivity index (χ0v) is 18.6. The van der Waals surface area contributed by atoms with Crippen LogP contribution in [-0.4, -0.2) is 63.2 Å². The van der Waals surface area contributed by atoms with Crippen molar-refractivity contribution in [2.24, 2.45) is 10.9 Å². The minimum Gasteiger partial charge on any atom is -0.381 e. The minimum atomic E-state index is 0. The maximum atomic E-state index is 12.8. The van der Waals surface area contributed by atoms with E-state index in [0.717, 1.165) is 63.8 Å². The second-order valence-corrected chi connectivity index (χ2v) is 7.06. The Balaban J connectivity index is 0.00000261. The third-order valence-electron chi connectivity index (χ3n) is 5.03. The lowest BCUT2D eigenvalue weighted by Crippen LogP contribution is -2.43. The molecule has 0 aromatic heterocycles. The number of para-hydroxylation sites is 1. The van der Waals surface area contributed by atoms with E-state index in [-0.39, 0.29) is 36.4 Å². The molecule has 0 bridgehead atoms. The van der Waals surface area contributed by atoms with Crippen molar-refractivity contribution >= 4 is 41.5 Å². The van der Waals surface area contributed by atoms with Crippen molar-refractivity contribution in [1.82, 2.24) is 10.2 Å². The number of nitrogens with zero attached hydrogens (tertiary/aromatic N) is 3. The summed E-state index contributed by atoms with van der Waals surface area (Å²) in [7, 11) is 2.03. The fourth-order valence-electron chi connectivity index (χ4n) is 3.69. The highest BCUT2D eigenvalue weighted by Crippen LogP contribution is 2.26. The maximum Gasteiger partial charge on any atom is 0.248 e. The Hall–Kier alpha value is -1.35. The van der Waals surface area contributed by atoms with Crippen LogP contribution in [0.1, 0.15) is 25.3 Å². The van der Waals surface area contributed by atoms with Gasteiger partial charge in [0, 0.05) is 44.9 Å². The number of carbonyl (C=O) groups is 1. The first kappa shape index (κ1) is 21.9. The van der Waals surface area contributed by atoms with Gasteiger partial charge in [-0.25, -0.2) is 4.99 Å². The van der Waals surface area contributed by atoms with Crippen LogP contribution in [0, 0.1) is 5.92 Å². The van der Waals surface area contributed by atoms with Crippen molar-refractivity contribution < 1.29 is 9.53 Å². The molecule has 2 aliphatic heterocycles. The summed E-state index contributed by atoms with van der Waals surface area (Å²) in [6, 6.07) is 8.18. The molecule has 0 radical (unpaired) electrons. The molecular formula is C20H31IN4O2. The molecule has 0 spiro atoms. The molecule has 1 aromatic carbocycles. The fraction of sp³-hybridized carbons (Fsp3) is 0.600. The number of aryl methyl sites for hydroxylation is 1. The van der Waals surface area contributed by atoms with Crippen LogP contribution in [0.2, 0.25) is 0 Å². The van der Waals surface area contributed by atoms with Gasteiger partial charge in [-0.15, -0.1) is 24.0 Å². The topological polar surface area (TPSA) is 57.2 Å². The van der Waals surface area contributed by atoms with Crippen molar-refractivity contribution in [2.45, 2.75) is 26.2 Å². The van der Waals surface area contributed by atoms with E-state index in [4.69, 9.17) is 4.74 Å². The first-order chi connectivity index (χ1) is 12.7. The number of aliphatic imine (C=N–C) groups is 1. The summed E-state index contributed by atoms with van der Waals surface area (Å²) in [6.07, 6.45) is 3.14. The largest absolute Gasteiger partial charge is 0.381 e. The molecule has 150 valence electrons. The van der Waals surface area contributed by atoms with Crippen molar-refractivity contribution in [1.29, 1.82) is 0 Å². The molecule has 0 saturated carbocycles. The van der Waals surface area contributed by atoms with E-state index in [0.29, 0.717) is 5.92 Å². The maximum absolute atomic E-state index is 12.8. The fourth-order valence-corrected chi connectivity index (χ4v) is 3.69. The first-order valence-electron chi connectivity index (χ1n) is 9.64. The summed E-state index contributed by atoms with van der Waals surface area (Å²) in [5, 5.41) is 3.30. The first-order valence-corrected chi connectivity index (χ1v) is 9.64. The molecule has 1 saturated heterocycles. The van der Waals surface area contributed by atoms with Gasteiger partial charge in [0.2, 0.25) is 5.91 Å². The van der Waals surface area contributed by atoms with Gasteiger partial charge in [0.25, 0.3) is 0 Å². The number of anilines is 1. The van der Waals surface area contributed by atoms with Crippen LogP contribution in [0.15, 0.2) is 29.3 Å². The van der Waals surface area contributed by atoms with E-state index in [1.54, 1.807) is 0 Å². The van der Waals surface area contributed by atoms with E-state index in [1.165, 1.54) is 5.56 Å². The molecule has 1 N–H and O–H groups in total. The Morgan fingerprint density at radius 1 is 1.41 bits per heavy atom. The van der Waals surface area contributed by atoms with Crippen LogP contribution in [0.3, 0.4) is 0 Å². The molecule has 1 aromatic rings. The van der Waals surface area contributed by atoms with Gasteiger partial charge in [0.1, 0.15) is 6.54 Å². The van der Waals surface area contributed by atoms with Crippen molar-refractivity contribution in [3.05, 3.63) is 29.8 Å². The van der Waals surface area contributed by atoms with Gasteiger partial charge in [-0.2, -0.15) is 0 Å². The van der Waals surface area contributed by atoms with E-state index in [2.05, 4.69) is 21.3 Å². The number of ether oxygens (including phenoxy) is 1. The van der Waals surface area contributed by atoms with E-state index < -0.39 is 0 Å². The van der Waals surface area contributed by atoms with Gasteiger partial charge >= 0.3 is 0 Å². The number of nitrogens with one attached hydrogen (secondary N) is 1. The quantitative estimate of drug-likeness (QED) is 0.395. The second-order valence-electron chi connectivity index (χ2n) is 7.06. The molecule has 1 unspecified atom stereocenters. The van der Waals surface area contributed by atoms with Gasteiger partial charge in [0.05, 0.1) is 6.61 Å². The van der Waals surface area contributed by atoms with Crippen LogP contribution < -0.4 is 10.2 Å². The third kappa shape index (κ3) is 5.81. The lowest BCUT2D eigenvalue weighted by Gasteiger charge is -2.29. The van der Waals surface area contributed by atoms with E-state index in [1.807, 2.05) is 37.1 Å². The molecule has 2 aliphatic rings. The highest BCUT2D eigenvalue weighted by Gasteiger charge is 2.23. The molecular weight excluding hydrogens is 455 g/mol. The predicted molar refractivity (Wildman–Crippen MR) is 120 cm³/mol. The van der Waals surface area contributed by atoms with Gasteiger partial charge in [-0.05, 0) is 37.8 Å². The average molecular weight is 486 g/mol. The summed E-state index contributed by atoms with van der Waals surface area (Å²) in [5.74, 6) is 1.39. The normalized spacial score (nSPS) is 19.3. The predicted octanol–water partition coefficient (Wildman–Crippen LogP) is 2.52. The SMILES string of the molecule is CCNC(=NCC(=O)N1CCCc2ccccc21)N(C)CC1CCOC1.I. The van der Waals surface area contributed by atoms with E-state index in [9.17, 15) is 4.79 Å². The number of fused-ring (bicyclic) bond motifs is 1. The van der Waals surface area contributed by atoms with Gasteiger partial charge in [0.15, 0.2) is 5.96 Å². The Bertz CT molecular complexity index is 647. The van der Waals surface area contributed by atoms with Gasteiger partial charge in [-0.3, -0.25) is 4.79 Å². The van der Waals surface area contributed by atoms with E-state index >= 15 is 0 Å². The summed E-state index contributed by atoms with van der Waals surface area (Å²) < 4.78 is 5.46. The van der Waals surface area contributed by atoms with Crippen molar-refractivity contribution in [3.8, 4) is 0 Å². The zero-order valence-electron chi connectivity index (χ0n) is 16.3. The van der Waals surface area contributed by atoms with Crippen molar-refractivity contribution in [2.75, 3.05) is 51.3 Å². The minimum absolute atomic E-state index is 0. The molecule has 1 fully saturated rings. The Kier molecular flexibility index (Phi) is 8.82. The number of benzene rings is 1. The van der Waals surface area contributed by atoms with Crippen LogP contribution >= 0.6 is 24.0 Å².